The number of aliphatic imine (C=N–C) groups is 1. The molecule has 2 N–H and O–H groups in total. The quantitative estimate of drug-likeness (QED) is 0.227. The van der Waals surface area contributed by atoms with Crippen LogP contribution in [0.2, 0.25) is 0 Å². The largest absolute Gasteiger partial charge is 0.352 e. The summed E-state index contributed by atoms with van der Waals surface area (Å²) >= 11 is 1.79. The Bertz CT molecular complexity index is 686. The molecule has 0 aliphatic heterocycles. The van der Waals surface area contributed by atoms with Crippen molar-refractivity contribution >= 4 is 47.0 Å². The Labute approximate surface area is 162 Å². The molecule has 0 aliphatic carbocycles. The molecule has 8 heteroatoms. The molecular weight excluding hydrogens is 439 g/mol. The van der Waals surface area contributed by atoms with Gasteiger partial charge in [0.15, 0.2) is 5.96 Å². The highest BCUT2D eigenvalue weighted by molar-refractivity contribution is 14.0. The molecule has 6 nitrogen and oxygen atoms in total. The Kier molecular flexibility index (Phi) is 8.69. The number of hydrogen-bond acceptors (Lipinski definition) is 4. The Morgan fingerprint density at radius 1 is 1.12 bits per heavy atom. The first-order chi connectivity index (χ1) is 11.1. The summed E-state index contributed by atoms with van der Waals surface area (Å²) in [6.45, 7) is 3.43. The van der Waals surface area contributed by atoms with E-state index in [1.165, 1.54) is 21.9 Å². The lowest BCUT2D eigenvalue weighted by molar-refractivity contribution is -0.384. The summed E-state index contributed by atoms with van der Waals surface area (Å²) in [5.41, 5.74) is 1.06. The lowest BCUT2D eigenvalue weighted by Gasteiger charge is -2.11. The van der Waals surface area contributed by atoms with Gasteiger partial charge in [0.25, 0.3) is 5.69 Å². The van der Waals surface area contributed by atoms with Crippen LogP contribution in [0.1, 0.15) is 22.2 Å². The number of aryl methyl sites for hydroxylation is 1. The van der Waals surface area contributed by atoms with Crippen LogP contribution in [0.4, 0.5) is 5.69 Å². The van der Waals surface area contributed by atoms with E-state index in [0.717, 1.165) is 18.5 Å². The molecule has 0 atom stereocenters. The van der Waals surface area contributed by atoms with Crippen LogP contribution >= 0.6 is 35.3 Å². The van der Waals surface area contributed by atoms with Crippen molar-refractivity contribution in [2.45, 2.75) is 26.4 Å². The van der Waals surface area contributed by atoms with Crippen molar-refractivity contribution in [2.24, 2.45) is 4.99 Å². The van der Waals surface area contributed by atoms with Gasteiger partial charge in [-0.2, -0.15) is 0 Å². The van der Waals surface area contributed by atoms with Gasteiger partial charge >= 0.3 is 0 Å². The van der Waals surface area contributed by atoms with Gasteiger partial charge in [0.05, 0.1) is 11.5 Å². The topological polar surface area (TPSA) is 79.6 Å². The molecule has 0 saturated carbocycles. The molecule has 0 fully saturated rings. The molecule has 0 saturated heterocycles. The molecule has 1 heterocycles. The van der Waals surface area contributed by atoms with Crippen LogP contribution in [0.15, 0.2) is 41.4 Å². The van der Waals surface area contributed by atoms with E-state index in [1.807, 2.05) is 0 Å². The number of non-ortho nitro benzene ring substituents is 1. The maximum Gasteiger partial charge on any atom is 0.269 e. The summed E-state index contributed by atoms with van der Waals surface area (Å²) in [6.07, 6.45) is 1.05. The van der Waals surface area contributed by atoms with Crippen molar-refractivity contribution in [1.82, 2.24) is 10.6 Å². The first kappa shape index (κ1) is 20.4. The zero-order chi connectivity index (χ0) is 16.7. The van der Waals surface area contributed by atoms with Gasteiger partial charge in [-0.15, -0.1) is 35.3 Å². The lowest BCUT2D eigenvalue weighted by Crippen LogP contribution is -2.36. The maximum absolute atomic E-state index is 10.6. The zero-order valence-corrected chi connectivity index (χ0v) is 16.8. The van der Waals surface area contributed by atoms with Crippen molar-refractivity contribution in [2.75, 3.05) is 7.05 Å². The third kappa shape index (κ3) is 6.08. The van der Waals surface area contributed by atoms with Crippen LogP contribution in [-0.4, -0.2) is 17.9 Å². The molecular formula is C16H21IN4O2S. The van der Waals surface area contributed by atoms with Crippen LogP contribution in [0.3, 0.4) is 0 Å². The molecule has 0 spiro atoms. The van der Waals surface area contributed by atoms with Crippen molar-refractivity contribution in [3.63, 3.8) is 0 Å². The molecule has 1 aromatic carbocycles. The van der Waals surface area contributed by atoms with Gasteiger partial charge in [-0.1, -0.05) is 19.1 Å². The van der Waals surface area contributed by atoms with E-state index in [4.69, 9.17) is 0 Å². The second-order valence-corrected chi connectivity index (χ2v) is 6.18. The van der Waals surface area contributed by atoms with E-state index in [0.29, 0.717) is 12.5 Å². The summed E-state index contributed by atoms with van der Waals surface area (Å²) in [5.74, 6) is 0.704. The van der Waals surface area contributed by atoms with E-state index >= 15 is 0 Å². The van der Waals surface area contributed by atoms with Crippen molar-refractivity contribution in [1.29, 1.82) is 0 Å². The summed E-state index contributed by atoms with van der Waals surface area (Å²) < 4.78 is 0. The molecule has 1 aromatic heterocycles. The SMILES string of the molecule is CCc1ccc(CNC(=NC)NCc2ccc([N+](=O)[O-])cc2)s1.I. The predicted octanol–water partition coefficient (Wildman–Crippen LogP) is 3.70. The lowest BCUT2D eigenvalue weighted by atomic mass is 10.2. The van der Waals surface area contributed by atoms with Crippen molar-refractivity contribution in [3.05, 3.63) is 61.8 Å². The standard InChI is InChI=1S/C16H20N4O2S.HI/c1-3-14-8-9-15(23-14)11-19-16(17-2)18-10-12-4-6-13(7-5-12)20(21)22;/h4-9H,3,10-11H2,1-2H3,(H2,17,18,19);1H. The number of rotatable bonds is 6. The fraction of sp³-hybridized carbons (Fsp3) is 0.312. The summed E-state index contributed by atoms with van der Waals surface area (Å²) in [6, 6.07) is 10.8. The fourth-order valence-electron chi connectivity index (χ4n) is 2.02. The molecule has 24 heavy (non-hydrogen) atoms. The van der Waals surface area contributed by atoms with E-state index < -0.39 is 4.92 Å². The number of benzene rings is 1. The van der Waals surface area contributed by atoms with Crippen LogP contribution in [0.25, 0.3) is 0 Å². The average molecular weight is 460 g/mol. The van der Waals surface area contributed by atoms with E-state index in [2.05, 4.69) is 34.7 Å². The molecule has 2 aromatic rings. The Morgan fingerprint density at radius 2 is 1.75 bits per heavy atom. The third-order valence-electron chi connectivity index (χ3n) is 3.33. The van der Waals surface area contributed by atoms with Gasteiger partial charge < -0.3 is 10.6 Å². The smallest absolute Gasteiger partial charge is 0.269 e. The Balaban J connectivity index is 0.00000288. The Hall–Kier alpha value is -1.68. The molecule has 0 unspecified atom stereocenters. The average Bonchev–Trinajstić information content (AvgIpc) is 3.03. The zero-order valence-electron chi connectivity index (χ0n) is 13.6. The number of nitro groups is 1. The van der Waals surface area contributed by atoms with Crippen LogP contribution in [0, 0.1) is 10.1 Å². The van der Waals surface area contributed by atoms with E-state index in [-0.39, 0.29) is 29.7 Å². The van der Waals surface area contributed by atoms with Gasteiger partial charge in [0, 0.05) is 35.5 Å². The second kappa shape index (κ2) is 10.2. The molecule has 0 bridgehead atoms. The molecule has 0 radical (unpaired) electrons. The molecule has 0 amide bonds. The maximum atomic E-state index is 10.6. The van der Waals surface area contributed by atoms with Crippen LogP contribution < -0.4 is 10.6 Å². The van der Waals surface area contributed by atoms with Crippen molar-refractivity contribution < 1.29 is 4.92 Å². The predicted molar refractivity (Wildman–Crippen MR) is 109 cm³/mol. The van der Waals surface area contributed by atoms with Crippen molar-refractivity contribution in [3.8, 4) is 0 Å². The minimum Gasteiger partial charge on any atom is -0.352 e. The number of hydrogen-bond donors (Lipinski definition) is 2. The molecule has 2 rings (SSSR count). The van der Waals surface area contributed by atoms with Crippen LogP contribution in [0.5, 0.6) is 0 Å². The minimum absolute atomic E-state index is 0. The highest BCUT2D eigenvalue weighted by Crippen LogP contribution is 2.16. The molecule has 0 aliphatic rings. The Morgan fingerprint density at radius 3 is 2.29 bits per heavy atom. The second-order valence-electron chi connectivity index (χ2n) is 4.92. The first-order valence-electron chi connectivity index (χ1n) is 7.37. The fourth-order valence-corrected chi connectivity index (χ4v) is 2.92. The van der Waals surface area contributed by atoms with E-state index in [9.17, 15) is 10.1 Å². The van der Waals surface area contributed by atoms with Gasteiger partial charge in [0.1, 0.15) is 0 Å². The summed E-state index contributed by atoms with van der Waals surface area (Å²) in [4.78, 5) is 17.0. The number of nitrogens with zero attached hydrogens (tertiary/aromatic N) is 2. The monoisotopic (exact) mass is 460 g/mol. The third-order valence-corrected chi connectivity index (χ3v) is 4.56. The number of nitrogens with one attached hydrogen (secondary N) is 2. The van der Waals surface area contributed by atoms with Gasteiger partial charge in [-0.05, 0) is 24.1 Å². The van der Waals surface area contributed by atoms with Crippen LogP contribution in [-0.2, 0) is 19.5 Å². The first-order valence-corrected chi connectivity index (χ1v) is 8.19. The number of nitro benzene ring substituents is 1. The van der Waals surface area contributed by atoms with Gasteiger partial charge in [-0.25, -0.2) is 0 Å². The van der Waals surface area contributed by atoms with Gasteiger partial charge in [0.2, 0.25) is 0 Å². The normalized spacial score (nSPS) is 10.8. The number of halogens is 1. The highest BCUT2D eigenvalue weighted by atomic mass is 127. The number of guanidine groups is 1. The number of thiophene rings is 1. The summed E-state index contributed by atoms with van der Waals surface area (Å²) in [5, 5.41) is 17.1. The summed E-state index contributed by atoms with van der Waals surface area (Å²) in [7, 11) is 1.72. The molecule has 130 valence electrons. The van der Waals surface area contributed by atoms with Gasteiger partial charge in [-0.3, -0.25) is 15.1 Å². The van der Waals surface area contributed by atoms with E-state index in [1.54, 1.807) is 30.5 Å². The highest BCUT2D eigenvalue weighted by Gasteiger charge is 2.05. The minimum atomic E-state index is -0.400.